The van der Waals surface area contributed by atoms with Gasteiger partial charge in [-0.15, -0.1) is 0 Å². The number of halogens is 3. The molecule has 0 radical (unpaired) electrons. The van der Waals surface area contributed by atoms with Gasteiger partial charge >= 0.3 is 0 Å². The topological polar surface area (TPSA) is 35.0 Å². The van der Waals surface area contributed by atoms with Gasteiger partial charge in [0, 0.05) is 16.1 Å². The zero-order valence-electron chi connectivity index (χ0n) is 14.0. The minimum atomic E-state index is 0.307. The molecule has 6 heteroatoms. The van der Waals surface area contributed by atoms with Crippen LogP contribution in [-0.2, 0) is 6.61 Å². The van der Waals surface area contributed by atoms with E-state index < -0.39 is 0 Å². The summed E-state index contributed by atoms with van der Waals surface area (Å²) in [6, 6.07) is 20.5. The minimum Gasteiger partial charge on any atom is -0.472 e. The molecule has 0 atom stereocenters. The number of para-hydroxylation sites is 1. The number of hydrogen-bond donors (Lipinski definition) is 0. The van der Waals surface area contributed by atoms with Gasteiger partial charge in [-0.2, -0.15) is 4.98 Å². The third kappa shape index (κ3) is 3.86. The van der Waals surface area contributed by atoms with Gasteiger partial charge in [-0.05, 0) is 36.4 Å². The summed E-state index contributed by atoms with van der Waals surface area (Å²) in [6.07, 6.45) is 0. The van der Waals surface area contributed by atoms with Crippen LogP contribution in [0.25, 0.3) is 22.3 Å². The van der Waals surface area contributed by atoms with E-state index in [0.717, 1.165) is 22.0 Å². The number of aromatic nitrogens is 2. The fraction of sp³-hybridized carbons (Fsp3) is 0.0476. The van der Waals surface area contributed by atoms with E-state index in [4.69, 9.17) is 39.5 Å². The van der Waals surface area contributed by atoms with Crippen molar-refractivity contribution < 1.29 is 4.74 Å². The van der Waals surface area contributed by atoms with E-state index in [-0.39, 0.29) is 0 Å². The molecule has 0 fully saturated rings. The van der Waals surface area contributed by atoms with Crippen LogP contribution >= 0.6 is 34.8 Å². The molecule has 3 nitrogen and oxygen atoms in total. The summed E-state index contributed by atoms with van der Waals surface area (Å²) in [7, 11) is 0. The molecule has 0 unspecified atom stereocenters. The molecule has 0 N–H and O–H groups in total. The lowest BCUT2D eigenvalue weighted by molar-refractivity contribution is 0.298. The van der Waals surface area contributed by atoms with Crippen LogP contribution in [-0.4, -0.2) is 9.97 Å². The van der Waals surface area contributed by atoms with Crippen molar-refractivity contribution in [2.24, 2.45) is 0 Å². The SMILES string of the molecule is Clc1ccc(-c2nc(OCc3ccccc3Cl)c3ccccc3n2)cc1Cl. The van der Waals surface area contributed by atoms with Gasteiger partial charge in [0.2, 0.25) is 5.88 Å². The summed E-state index contributed by atoms with van der Waals surface area (Å²) < 4.78 is 6.01. The zero-order chi connectivity index (χ0) is 18.8. The molecule has 134 valence electrons. The molecule has 0 saturated carbocycles. The average molecular weight is 416 g/mol. The second-order valence-corrected chi connectivity index (χ2v) is 7.10. The molecular weight excluding hydrogens is 403 g/mol. The lowest BCUT2D eigenvalue weighted by Gasteiger charge is -2.11. The van der Waals surface area contributed by atoms with Crippen molar-refractivity contribution in [3.8, 4) is 17.3 Å². The summed E-state index contributed by atoms with van der Waals surface area (Å²) in [6.45, 7) is 0.307. The van der Waals surface area contributed by atoms with E-state index in [1.165, 1.54) is 0 Å². The molecule has 0 aliphatic heterocycles. The lowest BCUT2D eigenvalue weighted by Crippen LogP contribution is -2.01. The predicted octanol–water partition coefficient (Wildman–Crippen LogP) is 6.84. The Hall–Kier alpha value is -2.33. The van der Waals surface area contributed by atoms with E-state index in [1.54, 1.807) is 12.1 Å². The molecule has 0 spiro atoms. The monoisotopic (exact) mass is 414 g/mol. The molecule has 27 heavy (non-hydrogen) atoms. The van der Waals surface area contributed by atoms with Crippen LogP contribution in [0.3, 0.4) is 0 Å². The van der Waals surface area contributed by atoms with E-state index in [0.29, 0.717) is 33.4 Å². The highest BCUT2D eigenvalue weighted by molar-refractivity contribution is 6.42. The van der Waals surface area contributed by atoms with Crippen LogP contribution in [0.15, 0.2) is 66.7 Å². The third-order valence-corrected chi connectivity index (χ3v) is 5.18. The minimum absolute atomic E-state index is 0.307. The van der Waals surface area contributed by atoms with Gasteiger partial charge in [0.05, 0.1) is 20.9 Å². The Bertz CT molecular complexity index is 1130. The van der Waals surface area contributed by atoms with E-state index >= 15 is 0 Å². The molecule has 1 aromatic heterocycles. The molecular formula is C21H13Cl3N2O. The maximum Gasteiger partial charge on any atom is 0.225 e. The maximum absolute atomic E-state index is 6.23. The van der Waals surface area contributed by atoms with Crippen molar-refractivity contribution in [2.45, 2.75) is 6.61 Å². The summed E-state index contributed by atoms with van der Waals surface area (Å²) in [5.41, 5.74) is 2.43. The largest absolute Gasteiger partial charge is 0.472 e. The van der Waals surface area contributed by atoms with Crippen molar-refractivity contribution in [1.29, 1.82) is 0 Å². The number of nitrogens with zero attached hydrogens (tertiary/aromatic N) is 2. The van der Waals surface area contributed by atoms with Gasteiger partial charge in [0.25, 0.3) is 0 Å². The highest BCUT2D eigenvalue weighted by atomic mass is 35.5. The fourth-order valence-electron chi connectivity index (χ4n) is 2.68. The van der Waals surface area contributed by atoms with Crippen molar-refractivity contribution in [3.05, 3.63) is 87.4 Å². The van der Waals surface area contributed by atoms with Crippen molar-refractivity contribution in [2.75, 3.05) is 0 Å². The Kier molecular flexibility index (Phi) is 5.17. The first kappa shape index (κ1) is 18.1. The van der Waals surface area contributed by atoms with Gasteiger partial charge in [-0.25, -0.2) is 4.98 Å². The number of fused-ring (bicyclic) bond motifs is 1. The zero-order valence-corrected chi connectivity index (χ0v) is 16.3. The number of ether oxygens (including phenoxy) is 1. The van der Waals surface area contributed by atoms with Crippen LogP contribution < -0.4 is 4.74 Å². The summed E-state index contributed by atoms with van der Waals surface area (Å²) in [5.74, 6) is 1.00. The Morgan fingerprint density at radius 1 is 0.741 bits per heavy atom. The molecule has 3 aromatic carbocycles. The molecule has 1 heterocycles. The van der Waals surface area contributed by atoms with Crippen LogP contribution in [0, 0.1) is 0 Å². The van der Waals surface area contributed by atoms with E-state index in [9.17, 15) is 0 Å². The van der Waals surface area contributed by atoms with E-state index in [1.807, 2.05) is 54.6 Å². The highest BCUT2D eigenvalue weighted by Crippen LogP contribution is 2.31. The average Bonchev–Trinajstić information content (AvgIpc) is 2.69. The molecule has 0 bridgehead atoms. The molecule has 0 amide bonds. The predicted molar refractivity (Wildman–Crippen MR) is 111 cm³/mol. The van der Waals surface area contributed by atoms with Gasteiger partial charge < -0.3 is 4.74 Å². The summed E-state index contributed by atoms with van der Waals surface area (Å²) >= 11 is 18.4. The smallest absolute Gasteiger partial charge is 0.225 e. The van der Waals surface area contributed by atoms with Crippen molar-refractivity contribution in [1.82, 2.24) is 9.97 Å². The Balaban J connectivity index is 1.76. The standard InChI is InChI=1S/C21H13Cl3N2O/c22-16-7-3-1-5-14(16)12-27-21-15-6-2-4-8-19(15)25-20(26-21)13-9-10-17(23)18(24)11-13/h1-11H,12H2. The molecule has 0 saturated heterocycles. The molecule has 4 rings (SSSR count). The molecule has 0 aliphatic rings. The quantitative estimate of drug-likeness (QED) is 0.366. The number of benzene rings is 3. The Labute approximate surface area is 171 Å². The lowest BCUT2D eigenvalue weighted by atomic mass is 10.2. The third-order valence-electron chi connectivity index (χ3n) is 4.07. The van der Waals surface area contributed by atoms with Crippen LogP contribution in [0.1, 0.15) is 5.56 Å². The highest BCUT2D eigenvalue weighted by Gasteiger charge is 2.12. The first-order chi connectivity index (χ1) is 13.1. The Morgan fingerprint density at radius 3 is 2.33 bits per heavy atom. The normalized spacial score (nSPS) is 10.9. The molecule has 0 aliphatic carbocycles. The van der Waals surface area contributed by atoms with Crippen LogP contribution in [0.4, 0.5) is 0 Å². The van der Waals surface area contributed by atoms with Gasteiger partial charge in [0.15, 0.2) is 5.82 Å². The summed E-state index contributed by atoms with van der Waals surface area (Å²) in [5, 5.41) is 2.41. The first-order valence-corrected chi connectivity index (χ1v) is 9.33. The van der Waals surface area contributed by atoms with E-state index in [2.05, 4.69) is 9.97 Å². The molecule has 4 aromatic rings. The summed E-state index contributed by atoms with van der Waals surface area (Å²) in [4.78, 5) is 9.24. The van der Waals surface area contributed by atoms with Crippen molar-refractivity contribution in [3.63, 3.8) is 0 Å². The van der Waals surface area contributed by atoms with Crippen LogP contribution in [0.2, 0.25) is 15.1 Å². The maximum atomic E-state index is 6.23. The van der Waals surface area contributed by atoms with Crippen LogP contribution in [0.5, 0.6) is 5.88 Å². The first-order valence-electron chi connectivity index (χ1n) is 8.20. The van der Waals surface area contributed by atoms with Gasteiger partial charge in [-0.1, -0.05) is 65.1 Å². The van der Waals surface area contributed by atoms with Gasteiger partial charge in [0.1, 0.15) is 6.61 Å². The number of hydrogen-bond acceptors (Lipinski definition) is 3. The Morgan fingerprint density at radius 2 is 1.52 bits per heavy atom. The fourth-order valence-corrected chi connectivity index (χ4v) is 3.17. The van der Waals surface area contributed by atoms with Gasteiger partial charge in [-0.3, -0.25) is 0 Å². The second-order valence-electron chi connectivity index (χ2n) is 5.88. The number of rotatable bonds is 4. The second kappa shape index (κ2) is 7.73. The van der Waals surface area contributed by atoms with Crippen molar-refractivity contribution >= 4 is 45.7 Å².